The molecule has 0 saturated heterocycles. The zero-order chi connectivity index (χ0) is 22.3. The Morgan fingerprint density at radius 1 is 1.16 bits per heavy atom. The molecule has 1 aromatic carbocycles. The standard InChI is InChI=1S/C25H29N3O3S/c1-25(24(30)26-17-8-5-3-4-6-9-17)16-27-20-12-13-32-22(20)15-21(27)23(29)28(25)18-10-7-11-19(14-18)31-2/h7,10-15,17H,3-6,8-9,16H2,1-2H3,(H,26,30)/t25-/m1/s1. The summed E-state index contributed by atoms with van der Waals surface area (Å²) in [4.78, 5) is 29.4. The van der Waals surface area contributed by atoms with Crippen molar-refractivity contribution in [2.75, 3.05) is 12.0 Å². The SMILES string of the molecule is COc1cccc(N2C(=O)c3cc4sccc4n3C[C@]2(C)C(=O)NC2CCCCCC2)c1. The van der Waals surface area contributed by atoms with Gasteiger partial charge in [0.1, 0.15) is 17.0 Å². The van der Waals surface area contributed by atoms with Crippen molar-refractivity contribution in [2.45, 2.75) is 63.6 Å². The van der Waals surface area contributed by atoms with Gasteiger partial charge in [0.15, 0.2) is 0 Å². The Kier molecular flexibility index (Phi) is 5.45. The maximum atomic E-state index is 13.8. The lowest BCUT2D eigenvalue weighted by molar-refractivity contribution is -0.127. The van der Waals surface area contributed by atoms with E-state index in [1.54, 1.807) is 23.3 Å². The van der Waals surface area contributed by atoms with Gasteiger partial charge in [-0.1, -0.05) is 31.7 Å². The number of carbonyl (C=O) groups excluding carboxylic acids is 2. The number of carbonyl (C=O) groups is 2. The molecule has 1 fully saturated rings. The summed E-state index contributed by atoms with van der Waals surface area (Å²) in [7, 11) is 1.61. The van der Waals surface area contributed by atoms with Crippen molar-refractivity contribution in [3.05, 3.63) is 47.5 Å². The first kappa shape index (κ1) is 21.1. The molecule has 1 aliphatic heterocycles. The number of ether oxygens (including phenoxy) is 1. The highest BCUT2D eigenvalue weighted by Crippen LogP contribution is 2.38. The average Bonchev–Trinajstić information content (AvgIpc) is 3.28. The number of methoxy groups -OCH3 is 1. The minimum atomic E-state index is -1.06. The van der Waals surface area contributed by atoms with E-state index in [1.165, 1.54) is 12.8 Å². The topological polar surface area (TPSA) is 63.6 Å². The van der Waals surface area contributed by atoms with E-state index in [-0.39, 0.29) is 17.9 Å². The van der Waals surface area contributed by atoms with Crippen molar-refractivity contribution in [3.8, 4) is 5.75 Å². The maximum absolute atomic E-state index is 13.8. The second-order valence-electron chi connectivity index (χ2n) is 9.06. The highest BCUT2D eigenvalue weighted by atomic mass is 32.1. The Bertz CT molecular complexity index is 1160. The van der Waals surface area contributed by atoms with E-state index in [4.69, 9.17) is 4.74 Å². The van der Waals surface area contributed by atoms with E-state index >= 15 is 0 Å². The van der Waals surface area contributed by atoms with Gasteiger partial charge in [-0.05, 0) is 49.4 Å². The van der Waals surface area contributed by atoms with Crippen LogP contribution in [0.5, 0.6) is 5.75 Å². The van der Waals surface area contributed by atoms with Crippen LogP contribution < -0.4 is 15.0 Å². The third kappa shape index (κ3) is 3.48. The van der Waals surface area contributed by atoms with Crippen LogP contribution in [0.2, 0.25) is 0 Å². The Labute approximate surface area is 192 Å². The van der Waals surface area contributed by atoms with Crippen LogP contribution in [0.1, 0.15) is 55.9 Å². The molecule has 0 unspecified atom stereocenters. The molecule has 0 spiro atoms. The number of aromatic nitrogens is 1. The first-order valence-electron chi connectivity index (χ1n) is 11.4. The van der Waals surface area contributed by atoms with Gasteiger partial charge in [-0.3, -0.25) is 14.5 Å². The van der Waals surface area contributed by atoms with Crippen LogP contribution in [0, 0.1) is 0 Å². The number of hydrogen-bond acceptors (Lipinski definition) is 4. The van der Waals surface area contributed by atoms with Crippen molar-refractivity contribution in [1.29, 1.82) is 0 Å². The summed E-state index contributed by atoms with van der Waals surface area (Å²) in [6.07, 6.45) is 6.72. The molecule has 5 rings (SSSR count). The average molecular weight is 452 g/mol. The molecular formula is C25H29N3O3S. The van der Waals surface area contributed by atoms with Crippen LogP contribution in [0.3, 0.4) is 0 Å². The molecule has 1 N–H and O–H groups in total. The number of anilines is 1. The number of rotatable bonds is 4. The van der Waals surface area contributed by atoms with E-state index in [2.05, 4.69) is 5.32 Å². The third-order valence-corrected chi connectivity index (χ3v) is 7.75. The molecule has 32 heavy (non-hydrogen) atoms. The van der Waals surface area contributed by atoms with Gasteiger partial charge in [-0.25, -0.2) is 0 Å². The summed E-state index contributed by atoms with van der Waals surface area (Å²) >= 11 is 1.61. The largest absolute Gasteiger partial charge is 0.497 e. The molecule has 2 aromatic heterocycles. The lowest BCUT2D eigenvalue weighted by atomic mass is 9.92. The molecule has 1 saturated carbocycles. The number of nitrogens with one attached hydrogen (secondary N) is 1. The minimum absolute atomic E-state index is 0.0942. The first-order valence-corrected chi connectivity index (χ1v) is 12.3. The predicted octanol–water partition coefficient (Wildman–Crippen LogP) is 4.97. The van der Waals surface area contributed by atoms with Gasteiger partial charge in [0.25, 0.3) is 5.91 Å². The minimum Gasteiger partial charge on any atom is -0.497 e. The van der Waals surface area contributed by atoms with Crippen molar-refractivity contribution < 1.29 is 14.3 Å². The smallest absolute Gasteiger partial charge is 0.275 e. The molecule has 0 bridgehead atoms. The molecule has 0 radical (unpaired) electrons. The van der Waals surface area contributed by atoms with E-state index in [1.807, 2.05) is 53.3 Å². The van der Waals surface area contributed by atoms with E-state index < -0.39 is 5.54 Å². The fourth-order valence-electron chi connectivity index (χ4n) is 5.13. The zero-order valence-electron chi connectivity index (χ0n) is 18.6. The predicted molar refractivity (Wildman–Crippen MR) is 128 cm³/mol. The van der Waals surface area contributed by atoms with Gasteiger partial charge in [0.2, 0.25) is 5.91 Å². The second-order valence-corrected chi connectivity index (χ2v) is 10.0. The Morgan fingerprint density at radius 3 is 2.69 bits per heavy atom. The molecule has 168 valence electrons. The lowest BCUT2D eigenvalue weighted by Crippen LogP contribution is -2.65. The molecule has 3 heterocycles. The van der Waals surface area contributed by atoms with Gasteiger partial charge in [0.05, 0.1) is 23.9 Å². The number of nitrogens with zero attached hydrogens (tertiary/aromatic N) is 2. The Balaban J connectivity index is 1.58. The van der Waals surface area contributed by atoms with Crippen LogP contribution in [-0.4, -0.2) is 35.1 Å². The first-order chi connectivity index (χ1) is 15.5. The van der Waals surface area contributed by atoms with Crippen molar-refractivity contribution >= 4 is 39.1 Å². The summed E-state index contributed by atoms with van der Waals surface area (Å²) in [6, 6.07) is 11.5. The molecule has 2 amide bonds. The summed E-state index contributed by atoms with van der Waals surface area (Å²) < 4.78 is 8.48. The Morgan fingerprint density at radius 2 is 1.94 bits per heavy atom. The molecule has 6 nitrogen and oxygen atoms in total. The summed E-state index contributed by atoms with van der Waals surface area (Å²) in [6.45, 7) is 2.29. The van der Waals surface area contributed by atoms with Crippen LogP contribution in [0.25, 0.3) is 10.2 Å². The van der Waals surface area contributed by atoms with Gasteiger partial charge < -0.3 is 14.6 Å². The summed E-state index contributed by atoms with van der Waals surface area (Å²) in [5.74, 6) is 0.401. The molecule has 7 heteroatoms. The van der Waals surface area contributed by atoms with Gasteiger partial charge in [-0.2, -0.15) is 0 Å². The molecular weight excluding hydrogens is 422 g/mol. The fraction of sp³-hybridized carbons (Fsp3) is 0.440. The van der Waals surface area contributed by atoms with Gasteiger partial charge in [-0.15, -0.1) is 11.3 Å². The van der Waals surface area contributed by atoms with Crippen molar-refractivity contribution in [1.82, 2.24) is 9.88 Å². The van der Waals surface area contributed by atoms with Crippen LogP contribution >= 0.6 is 11.3 Å². The number of thiophene rings is 1. The second kappa shape index (κ2) is 8.28. The van der Waals surface area contributed by atoms with Gasteiger partial charge in [0, 0.05) is 17.8 Å². The van der Waals surface area contributed by atoms with Crippen molar-refractivity contribution in [2.24, 2.45) is 0 Å². The highest BCUT2D eigenvalue weighted by molar-refractivity contribution is 7.17. The van der Waals surface area contributed by atoms with Crippen LogP contribution in [-0.2, 0) is 11.3 Å². The van der Waals surface area contributed by atoms with Gasteiger partial charge >= 0.3 is 0 Å². The molecule has 3 aromatic rings. The van der Waals surface area contributed by atoms with Crippen LogP contribution in [0.15, 0.2) is 41.8 Å². The number of benzene rings is 1. The summed E-state index contributed by atoms with van der Waals surface area (Å²) in [5, 5.41) is 5.34. The fourth-order valence-corrected chi connectivity index (χ4v) is 5.95. The lowest BCUT2D eigenvalue weighted by Gasteiger charge is -2.44. The van der Waals surface area contributed by atoms with E-state index in [9.17, 15) is 9.59 Å². The molecule has 1 aliphatic carbocycles. The number of hydrogen-bond donors (Lipinski definition) is 1. The Hall–Kier alpha value is -2.80. The highest BCUT2D eigenvalue weighted by Gasteiger charge is 2.49. The van der Waals surface area contributed by atoms with Crippen molar-refractivity contribution in [3.63, 3.8) is 0 Å². The third-order valence-electron chi connectivity index (χ3n) is 6.90. The maximum Gasteiger partial charge on any atom is 0.275 e. The zero-order valence-corrected chi connectivity index (χ0v) is 19.4. The van der Waals surface area contributed by atoms with E-state index in [0.717, 1.165) is 35.9 Å². The molecule has 1 atom stereocenters. The summed E-state index contributed by atoms with van der Waals surface area (Å²) in [5.41, 5.74) is 1.24. The quantitative estimate of drug-likeness (QED) is 0.570. The van der Waals surface area contributed by atoms with Crippen LogP contribution in [0.4, 0.5) is 5.69 Å². The molecule has 2 aliphatic rings. The monoisotopic (exact) mass is 451 g/mol. The normalized spacial score (nSPS) is 21.9. The van der Waals surface area contributed by atoms with E-state index in [0.29, 0.717) is 23.7 Å². The number of amides is 2. The number of fused-ring (bicyclic) bond motifs is 3.